The number of hydrogen-bond donors (Lipinski definition) is 2. The molecule has 2 aromatic rings. The quantitative estimate of drug-likeness (QED) is 0.663. The molecule has 2 N–H and O–H groups in total. The number of aliphatic hydroxyl groups excluding tert-OH is 1. The Hall–Kier alpha value is -2.39. The van der Waals surface area contributed by atoms with Gasteiger partial charge in [-0.15, -0.1) is 0 Å². The number of aromatic nitrogens is 1. The minimum absolute atomic E-state index is 0.0219. The van der Waals surface area contributed by atoms with Crippen LogP contribution in [0.15, 0.2) is 48.8 Å². The van der Waals surface area contributed by atoms with Crippen molar-refractivity contribution in [3.63, 3.8) is 0 Å². The fourth-order valence-corrected chi connectivity index (χ4v) is 4.67. The number of nitrogens with zero attached hydrogens (tertiary/aromatic N) is 2. The average molecular weight is 458 g/mol. The van der Waals surface area contributed by atoms with Crippen molar-refractivity contribution in [2.24, 2.45) is 0 Å². The first kappa shape index (κ1) is 23.8. The lowest BCUT2D eigenvalue weighted by Crippen LogP contribution is -2.55. The molecule has 1 amide bonds. The molecule has 2 fully saturated rings. The number of aliphatic hydroxyl groups is 1. The lowest BCUT2D eigenvalue weighted by molar-refractivity contribution is -0.158. The monoisotopic (exact) mass is 457 g/mol. The van der Waals surface area contributed by atoms with Crippen LogP contribution in [-0.4, -0.2) is 71.6 Å². The Morgan fingerprint density at radius 1 is 1.18 bits per heavy atom. The Morgan fingerprint density at radius 2 is 2.03 bits per heavy atom. The molecular formula is C25H32FN3O4. The van der Waals surface area contributed by atoms with Crippen LogP contribution in [0.5, 0.6) is 0 Å². The summed E-state index contributed by atoms with van der Waals surface area (Å²) in [7, 11) is 0. The maximum Gasteiger partial charge on any atom is 0.222 e. The zero-order valence-electron chi connectivity index (χ0n) is 18.7. The first-order chi connectivity index (χ1) is 16.1. The van der Waals surface area contributed by atoms with Gasteiger partial charge < -0.3 is 19.9 Å². The molecule has 0 bridgehead atoms. The number of fused-ring (bicyclic) bond motifs is 1. The first-order valence-corrected chi connectivity index (χ1v) is 11.6. The normalized spacial score (nSPS) is 26.1. The van der Waals surface area contributed by atoms with Crippen molar-refractivity contribution in [1.82, 2.24) is 15.2 Å². The van der Waals surface area contributed by atoms with Crippen LogP contribution in [0.4, 0.5) is 4.39 Å². The Kier molecular flexibility index (Phi) is 8.39. The third-order valence-corrected chi connectivity index (χ3v) is 6.26. The van der Waals surface area contributed by atoms with Crippen molar-refractivity contribution in [2.75, 3.05) is 26.3 Å². The standard InChI is InChI=1S/C25H32FN3O4/c26-20-3-1-2-19(12-20)14-29-15-21(30)16-32-17-24-23(29)5-4-22(33-24)13-25(31)28-11-8-18-6-9-27-10-7-18/h1-3,6-7,9-10,12,21-24,30H,4-5,8,11,13-17H2,(H,28,31)/t21-,22+,23-,24+/m0/s1. The van der Waals surface area contributed by atoms with Crippen LogP contribution >= 0.6 is 0 Å². The third kappa shape index (κ3) is 7.04. The smallest absolute Gasteiger partial charge is 0.222 e. The molecule has 2 saturated heterocycles. The van der Waals surface area contributed by atoms with Crippen LogP contribution in [-0.2, 0) is 27.2 Å². The molecule has 4 atom stereocenters. The van der Waals surface area contributed by atoms with E-state index in [0.717, 1.165) is 30.4 Å². The fraction of sp³-hybridized carbons (Fsp3) is 0.520. The van der Waals surface area contributed by atoms with Crippen molar-refractivity contribution in [3.05, 3.63) is 65.7 Å². The van der Waals surface area contributed by atoms with Gasteiger partial charge in [0.05, 0.1) is 37.9 Å². The Bertz CT molecular complexity index is 900. The van der Waals surface area contributed by atoms with Gasteiger partial charge >= 0.3 is 0 Å². The lowest BCUT2D eigenvalue weighted by atomic mass is 9.94. The number of rotatable bonds is 7. The molecule has 0 aliphatic carbocycles. The first-order valence-electron chi connectivity index (χ1n) is 11.6. The number of ether oxygens (including phenoxy) is 2. The largest absolute Gasteiger partial charge is 0.389 e. The summed E-state index contributed by atoms with van der Waals surface area (Å²) in [4.78, 5) is 18.6. The van der Waals surface area contributed by atoms with Gasteiger partial charge in [-0.1, -0.05) is 12.1 Å². The number of hydrogen-bond acceptors (Lipinski definition) is 6. The van der Waals surface area contributed by atoms with Gasteiger partial charge in [-0.05, 0) is 54.7 Å². The number of amides is 1. The maximum absolute atomic E-state index is 13.7. The lowest BCUT2D eigenvalue weighted by Gasteiger charge is -2.44. The van der Waals surface area contributed by atoms with E-state index >= 15 is 0 Å². The van der Waals surface area contributed by atoms with Crippen molar-refractivity contribution >= 4 is 5.91 Å². The summed E-state index contributed by atoms with van der Waals surface area (Å²) in [6.07, 6.45) is 5.16. The van der Waals surface area contributed by atoms with Gasteiger partial charge in [-0.2, -0.15) is 0 Å². The molecule has 0 saturated carbocycles. The van der Waals surface area contributed by atoms with Gasteiger partial charge in [0.25, 0.3) is 0 Å². The second-order valence-electron chi connectivity index (χ2n) is 8.85. The van der Waals surface area contributed by atoms with Crippen LogP contribution < -0.4 is 5.32 Å². The summed E-state index contributed by atoms with van der Waals surface area (Å²) in [6.45, 7) is 2.12. The molecule has 178 valence electrons. The molecule has 1 aromatic heterocycles. The highest BCUT2D eigenvalue weighted by atomic mass is 19.1. The van der Waals surface area contributed by atoms with Crippen LogP contribution in [0, 0.1) is 5.82 Å². The second-order valence-corrected chi connectivity index (χ2v) is 8.85. The third-order valence-electron chi connectivity index (χ3n) is 6.26. The minimum Gasteiger partial charge on any atom is -0.389 e. The Balaban J connectivity index is 1.31. The second kappa shape index (κ2) is 11.7. The number of carbonyl (C=O) groups is 1. The summed E-state index contributed by atoms with van der Waals surface area (Å²) in [5.41, 5.74) is 1.99. The van der Waals surface area contributed by atoms with Crippen molar-refractivity contribution in [2.45, 2.75) is 56.6 Å². The molecule has 0 radical (unpaired) electrons. The molecular weight excluding hydrogens is 425 g/mol. The van der Waals surface area contributed by atoms with E-state index < -0.39 is 6.10 Å². The predicted molar refractivity (Wildman–Crippen MR) is 121 cm³/mol. The van der Waals surface area contributed by atoms with Gasteiger partial charge in [0.1, 0.15) is 5.82 Å². The summed E-state index contributed by atoms with van der Waals surface area (Å²) < 4.78 is 25.7. The van der Waals surface area contributed by atoms with E-state index in [0.29, 0.717) is 32.7 Å². The molecule has 0 spiro atoms. The van der Waals surface area contributed by atoms with Gasteiger partial charge in [0, 0.05) is 38.1 Å². The molecule has 1 aromatic carbocycles. The molecule has 2 aliphatic heterocycles. The van der Waals surface area contributed by atoms with Crippen molar-refractivity contribution in [1.29, 1.82) is 0 Å². The van der Waals surface area contributed by atoms with Gasteiger partial charge in [0.15, 0.2) is 0 Å². The summed E-state index contributed by atoms with van der Waals surface area (Å²) in [5, 5.41) is 13.3. The zero-order chi connectivity index (χ0) is 23.0. The van der Waals surface area contributed by atoms with E-state index in [4.69, 9.17) is 9.47 Å². The van der Waals surface area contributed by atoms with E-state index in [9.17, 15) is 14.3 Å². The van der Waals surface area contributed by atoms with Crippen LogP contribution in [0.2, 0.25) is 0 Å². The van der Waals surface area contributed by atoms with E-state index in [-0.39, 0.29) is 36.6 Å². The zero-order valence-corrected chi connectivity index (χ0v) is 18.7. The molecule has 4 rings (SSSR count). The van der Waals surface area contributed by atoms with Gasteiger partial charge in [0.2, 0.25) is 5.91 Å². The van der Waals surface area contributed by atoms with Crippen LogP contribution in [0.3, 0.4) is 0 Å². The highest BCUT2D eigenvalue weighted by Crippen LogP contribution is 2.28. The number of halogens is 1. The molecule has 0 unspecified atom stereocenters. The topological polar surface area (TPSA) is 83.9 Å². The maximum atomic E-state index is 13.7. The number of benzene rings is 1. The van der Waals surface area contributed by atoms with E-state index in [1.165, 1.54) is 12.1 Å². The summed E-state index contributed by atoms with van der Waals surface area (Å²) in [6, 6.07) is 10.5. The molecule has 33 heavy (non-hydrogen) atoms. The van der Waals surface area contributed by atoms with Crippen molar-refractivity contribution < 1.29 is 23.8 Å². The summed E-state index contributed by atoms with van der Waals surface area (Å²) >= 11 is 0. The molecule has 2 aliphatic rings. The number of β-amino-alcohol motifs (C(OH)–C–C–N with tert-alkyl or cyclic N) is 1. The number of nitrogens with one attached hydrogen (secondary N) is 1. The SMILES string of the molecule is O=C(C[C@H]1CC[C@H]2[C@@H](COC[C@@H](O)CN2Cc2cccc(F)c2)O1)NCCc1ccncc1. The fourth-order valence-electron chi connectivity index (χ4n) is 4.67. The van der Waals surface area contributed by atoms with E-state index in [1.807, 2.05) is 18.2 Å². The van der Waals surface area contributed by atoms with Gasteiger partial charge in [-0.25, -0.2) is 4.39 Å². The van der Waals surface area contributed by atoms with Crippen LogP contribution in [0.25, 0.3) is 0 Å². The predicted octanol–water partition coefficient (Wildman–Crippen LogP) is 2.08. The highest BCUT2D eigenvalue weighted by Gasteiger charge is 2.38. The molecule has 8 heteroatoms. The summed E-state index contributed by atoms with van der Waals surface area (Å²) in [5.74, 6) is -0.291. The average Bonchev–Trinajstić information content (AvgIpc) is 2.79. The van der Waals surface area contributed by atoms with E-state index in [2.05, 4.69) is 15.2 Å². The highest BCUT2D eigenvalue weighted by molar-refractivity contribution is 5.76. The number of pyridine rings is 1. The molecule has 7 nitrogen and oxygen atoms in total. The van der Waals surface area contributed by atoms with Crippen molar-refractivity contribution in [3.8, 4) is 0 Å². The van der Waals surface area contributed by atoms with E-state index in [1.54, 1.807) is 18.5 Å². The van der Waals surface area contributed by atoms with Gasteiger partial charge in [-0.3, -0.25) is 14.7 Å². The Labute approximate surface area is 193 Å². The minimum atomic E-state index is -0.608. The van der Waals surface area contributed by atoms with Crippen LogP contribution in [0.1, 0.15) is 30.4 Å². The Morgan fingerprint density at radius 3 is 2.85 bits per heavy atom. The number of carbonyl (C=O) groups excluding carboxylic acids is 1. The molecule has 3 heterocycles.